The molecule has 0 aliphatic carbocycles. The maximum atomic E-state index is 9.37. The van der Waals surface area contributed by atoms with Crippen LogP contribution in [0.4, 0.5) is 5.69 Å². The zero-order valence-electron chi connectivity index (χ0n) is 11.5. The first-order valence-electron chi connectivity index (χ1n) is 6.89. The molecule has 0 N–H and O–H groups in total. The lowest BCUT2D eigenvalue weighted by atomic mass is 10.0. The molecular formula is C16H17N3O. The summed E-state index contributed by atoms with van der Waals surface area (Å²) in [6.07, 6.45) is 4.01. The Morgan fingerprint density at radius 3 is 2.75 bits per heavy atom. The summed E-state index contributed by atoms with van der Waals surface area (Å²) >= 11 is 0. The van der Waals surface area contributed by atoms with Gasteiger partial charge in [-0.3, -0.25) is 4.98 Å². The third kappa shape index (κ3) is 2.21. The van der Waals surface area contributed by atoms with Crippen LogP contribution < -0.4 is 4.90 Å². The minimum Gasteiger partial charge on any atom is -0.381 e. The van der Waals surface area contributed by atoms with Gasteiger partial charge in [0.2, 0.25) is 0 Å². The van der Waals surface area contributed by atoms with E-state index in [1.54, 1.807) is 13.3 Å². The summed E-state index contributed by atoms with van der Waals surface area (Å²) in [6, 6.07) is 10.3. The number of pyridine rings is 1. The number of nitrogens with zero attached hydrogens (tertiary/aromatic N) is 3. The summed E-state index contributed by atoms with van der Waals surface area (Å²) in [5, 5.41) is 10.4. The van der Waals surface area contributed by atoms with E-state index in [1.807, 2.05) is 24.3 Å². The van der Waals surface area contributed by atoms with Crippen molar-refractivity contribution in [3.63, 3.8) is 0 Å². The molecule has 102 valence electrons. The third-order valence-corrected chi connectivity index (χ3v) is 3.96. The average molecular weight is 267 g/mol. The number of hydrogen-bond donors (Lipinski definition) is 0. The highest BCUT2D eigenvalue weighted by molar-refractivity contribution is 5.94. The molecule has 4 heteroatoms. The van der Waals surface area contributed by atoms with Crippen molar-refractivity contribution in [2.75, 3.05) is 25.1 Å². The van der Waals surface area contributed by atoms with Gasteiger partial charge in [-0.2, -0.15) is 5.26 Å². The number of para-hydroxylation sites is 1. The van der Waals surface area contributed by atoms with Crippen LogP contribution in [0.2, 0.25) is 0 Å². The molecule has 1 aliphatic heterocycles. The van der Waals surface area contributed by atoms with Gasteiger partial charge in [-0.25, -0.2) is 0 Å². The van der Waals surface area contributed by atoms with E-state index in [-0.39, 0.29) is 0 Å². The molecule has 0 bridgehead atoms. The number of ether oxygens (including phenoxy) is 1. The number of piperidine rings is 1. The number of benzene rings is 1. The Morgan fingerprint density at radius 2 is 2.05 bits per heavy atom. The van der Waals surface area contributed by atoms with Gasteiger partial charge in [0.15, 0.2) is 0 Å². The van der Waals surface area contributed by atoms with Crippen LogP contribution in [0.5, 0.6) is 0 Å². The molecule has 1 saturated heterocycles. The number of aromatic nitrogens is 1. The summed E-state index contributed by atoms with van der Waals surface area (Å²) < 4.78 is 5.42. The van der Waals surface area contributed by atoms with Crippen molar-refractivity contribution in [2.45, 2.75) is 18.9 Å². The molecule has 0 saturated carbocycles. The van der Waals surface area contributed by atoms with Crippen LogP contribution in [-0.2, 0) is 4.74 Å². The summed E-state index contributed by atoms with van der Waals surface area (Å²) in [4.78, 5) is 6.65. The SMILES string of the molecule is COC1CCN(c2c(C#N)cnc3ccccc23)CC1. The second kappa shape index (κ2) is 5.48. The number of hydrogen-bond acceptors (Lipinski definition) is 4. The van der Waals surface area contributed by atoms with Crippen molar-refractivity contribution in [3.8, 4) is 6.07 Å². The highest BCUT2D eigenvalue weighted by Crippen LogP contribution is 2.31. The summed E-state index contributed by atoms with van der Waals surface area (Å²) in [5.74, 6) is 0. The second-order valence-electron chi connectivity index (χ2n) is 5.07. The summed E-state index contributed by atoms with van der Waals surface area (Å²) in [5.41, 5.74) is 2.61. The average Bonchev–Trinajstić information content (AvgIpc) is 2.54. The van der Waals surface area contributed by atoms with E-state index in [0.717, 1.165) is 42.5 Å². The molecule has 20 heavy (non-hydrogen) atoms. The van der Waals surface area contributed by atoms with Crippen LogP contribution in [0.3, 0.4) is 0 Å². The standard InChI is InChI=1S/C16H17N3O/c1-20-13-6-8-19(9-7-13)16-12(10-17)11-18-15-5-3-2-4-14(15)16/h2-5,11,13H,6-9H2,1H3. The smallest absolute Gasteiger partial charge is 0.103 e. The van der Waals surface area contributed by atoms with Gasteiger partial charge in [0.05, 0.1) is 22.9 Å². The van der Waals surface area contributed by atoms with Crippen LogP contribution >= 0.6 is 0 Å². The molecule has 2 heterocycles. The van der Waals surface area contributed by atoms with Gasteiger partial charge in [0.1, 0.15) is 6.07 Å². The monoisotopic (exact) mass is 267 g/mol. The first kappa shape index (κ1) is 12.9. The molecule has 2 aromatic rings. The molecule has 0 unspecified atom stereocenters. The minimum absolute atomic E-state index is 0.338. The van der Waals surface area contributed by atoms with Gasteiger partial charge in [-0.05, 0) is 18.9 Å². The number of methoxy groups -OCH3 is 1. The lowest BCUT2D eigenvalue weighted by molar-refractivity contribution is 0.0819. The molecule has 1 aliphatic rings. The van der Waals surface area contributed by atoms with Gasteiger partial charge >= 0.3 is 0 Å². The molecule has 0 amide bonds. The van der Waals surface area contributed by atoms with E-state index < -0.39 is 0 Å². The Bertz CT molecular complexity index is 654. The Kier molecular flexibility index (Phi) is 3.53. The van der Waals surface area contributed by atoms with Gasteiger partial charge in [0, 0.05) is 31.8 Å². The number of rotatable bonds is 2. The topological polar surface area (TPSA) is 49.1 Å². The van der Waals surface area contributed by atoms with Crippen molar-refractivity contribution >= 4 is 16.6 Å². The summed E-state index contributed by atoms with van der Waals surface area (Å²) in [6.45, 7) is 1.84. The highest BCUT2D eigenvalue weighted by Gasteiger charge is 2.22. The number of nitriles is 1. The van der Waals surface area contributed by atoms with Crippen LogP contribution in [0.25, 0.3) is 10.9 Å². The lowest BCUT2D eigenvalue weighted by Crippen LogP contribution is -2.37. The summed E-state index contributed by atoms with van der Waals surface area (Å²) in [7, 11) is 1.77. The fraction of sp³-hybridized carbons (Fsp3) is 0.375. The molecular weight excluding hydrogens is 250 g/mol. The van der Waals surface area contributed by atoms with E-state index in [4.69, 9.17) is 4.74 Å². The number of fused-ring (bicyclic) bond motifs is 1. The third-order valence-electron chi connectivity index (χ3n) is 3.96. The Balaban J connectivity index is 2.04. The van der Waals surface area contributed by atoms with Gasteiger partial charge in [0.25, 0.3) is 0 Å². The van der Waals surface area contributed by atoms with E-state index in [1.165, 1.54) is 0 Å². The van der Waals surface area contributed by atoms with Crippen LogP contribution in [0.1, 0.15) is 18.4 Å². The van der Waals surface area contributed by atoms with Crippen molar-refractivity contribution in [1.29, 1.82) is 5.26 Å². The first-order valence-corrected chi connectivity index (χ1v) is 6.89. The van der Waals surface area contributed by atoms with Gasteiger partial charge < -0.3 is 9.64 Å². The minimum atomic E-state index is 0.338. The molecule has 1 aromatic carbocycles. The maximum absolute atomic E-state index is 9.37. The molecule has 3 rings (SSSR count). The van der Waals surface area contributed by atoms with Gasteiger partial charge in [-0.15, -0.1) is 0 Å². The molecule has 1 aromatic heterocycles. The zero-order valence-corrected chi connectivity index (χ0v) is 11.5. The Labute approximate surface area is 118 Å². The molecule has 4 nitrogen and oxygen atoms in total. The van der Waals surface area contributed by atoms with E-state index in [0.29, 0.717) is 11.7 Å². The van der Waals surface area contributed by atoms with E-state index >= 15 is 0 Å². The zero-order chi connectivity index (χ0) is 13.9. The maximum Gasteiger partial charge on any atom is 0.103 e. The molecule has 0 spiro atoms. The highest BCUT2D eigenvalue weighted by atomic mass is 16.5. The number of anilines is 1. The van der Waals surface area contributed by atoms with Crippen LogP contribution in [-0.4, -0.2) is 31.3 Å². The normalized spacial score (nSPS) is 16.3. The van der Waals surface area contributed by atoms with Crippen molar-refractivity contribution in [2.24, 2.45) is 0 Å². The van der Waals surface area contributed by atoms with Crippen LogP contribution in [0.15, 0.2) is 30.5 Å². The van der Waals surface area contributed by atoms with Crippen molar-refractivity contribution in [1.82, 2.24) is 4.98 Å². The Hall–Kier alpha value is -2.12. The molecule has 0 radical (unpaired) electrons. The molecule has 0 atom stereocenters. The van der Waals surface area contributed by atoms with Crippen molar-refractivity contribution in [3.05, 3.63) is 36.0 Å². The largest absolute Gasteiger partial charge is 0.381 e. The molecule has 1 fully saturated rings. The van der Waals surface area contributed by atoms with E-state index in [9.17, 15) is 5.26 Å². The van der Waals surface area contributed by atoms with Crippen molar-refractivity contribution < 1.29 is 4.74 Å². The fourth-order valence-electron chi connectivity index (χ4n) is 2.86. The second-order valence-corrected chi connectivity index (χ2v) is 5.07. The Morgan fingerprint density at radius 1 is 1.30 bits per heavy atom. The van der Waals surface area contributed by atoms with E-state index in [2.05, 4.69) is 16.0 Å². The fourth-order valence-corrected chi connectivity index (χ4v) is 2.86. The quantitative estimate of drug-likeness (QED) is 0.839. The van der Waals surface area contributed by atoms with Gasteiger partial charge in [-0.1, -0.05) is 18.2 Å². The first-order chi connectivity index (χ1) is 9.83. The lowest BCUT2D eigenvalue weighted by Gasteiger charge is -2.34. The predicted molar refractivity (Wildman–Crippen MR) is 78.7 cm³/mol. The van der Waals surface area contributed by atoms with Crippen LogP contribution in [0, 0.1) is 11.3 Å². The predicted octanol–water partition coefficient (Wildman–Crippen LogP) is 2.72.